The Hall–Kier alpha value is -3.74. The van der Waals surface area contributed by atoms with Crippen LogP contribution in [0.15, 0.2) is 60.7 Å². The number of fused-ring (bicyclic) bond motifs is 1. The zero-order valence-corrected chi connectivity index (χ0v) is 20.1. The van der Waals surface area contributed by atoms with E-state index in [9.17, 15) is 18.4 Å². The van der Waals surface area contributed by atoms with Gasteiger partial charge in [0.2, 0.25) is 5.91 Å². The van der Waals surface area contributed by atoms with Gasteiger partial charge in [0.15, 0.2) is 0 Å². The van der Waals surface area contributed by atoms with Gasteiger partial charge in [0, 0.05) is 23.7 Å². The predicted octanol–water partition coefficient (Wildman–Crippen LogP) is 5.50. The van der Waals surface area contributed by atoms with Gasteiger partial charge in [-0.25, -0.2) is 8.78 Å². The zero-order chi connectivity index (χ0) is 25.1. The Kier molecular flexibility index (Phi) is 7.15. The molecule has 0 unspecified atom stereocenters. The van der Waals surface area contributed by atoms with E-state index in [2.05, 4.69) is 0 Å². The van der Waals surface area contributed by atoms with Crippen LogP contribution in [0.5, 0.6) is 5.75 Å². The highest BCUT2D eigenvalue weighted by molar-refractivity contribution is 5.95. The van der Waals surface area contributed by atoms with Gasteiger partial charge in [0.1, 0.15) is 29.6 Å². The van der Waals surface area contributed by atoms with Crippen LogP contribution < -0.4 is 9.64 Å². The van der Waals surface area contributed by atoms with Crippen molar-refractivity contribution in [2.45, 2.75) is 33.9 Å². The van der Waals surface area contributed by atoms with Crippen LogP contribution in [0.25, 0.3) is 0 Å². The van der Waals surface area contributed by atoms with Crippen molar-refractivity contribution in [1.82, 2.24) is 4.90 Å². The van der Waals surface area contributed by atoms with Crippen LogP contribution in [0.3, 0.4) is 0 Å². The van der Waals surface area contributed by atoms with E-state index in [-0.39, 0.29) is 31.5 Å². The highest BCUT2D eigenvalue weighted by Gasteiger charge is 2.26. The average molecular weight is 479 g/mol. The number of halogens is 2. The minimum atomic E-state index is -0.893. The molecule has 3 aromatic rings. The molecule has 7 heteroatoms. The van der Waals surface area contributed by atoms with E-state index >= 15 is 0 Å². The lowest BCUT2D eigenvalue weighted by atomic mass is 10.1. The summed E-state index contributed by atoms with van der Waals surface area (Å²) in [5.41, 5.74) is 2.90. The molecule has 1 aliphatic rings. The summed E-state index contributed by atoms with van der Waals surface area (Å²) in [6.45, 7) is 6.58. The van der Waals surface area contributed by atoms with E-state index in [4.69, 9.17) is 4.74 Å². The van der Waals surface area contributed by atoms with Crippen molar-refractivity contribution >= 4 is 17.5 Å². The fourth-order valence-corrected chi connectivity index (χ4v) is 4.09. The number of rotatable bonds is 5. The van der Waals surface area contributed by atoms with Gasteiger partial charge in [-0.15, -0.1) is 0 Å². The highest BCUT2D eigenvalue weighted by atomic mass is 19.1. The van der Waals surface area contributed by atoms with Gasteiger partial charge in [0.25, 0.3) is 5.91 Å². The Bertz CT molecular complexity index is 1220. The molecule has 0 fully saturated rings. The molecule has 0 aromatic heterocycles. The maximum atomic E-state index is 14.2. The smallest absolute Gasteiger partial charge is 0.260 e. The first-order chi connectivity index (χ1) is 16.7. The largest absolute Gasteiger partial charge is 0.491 e. The van der Waals surface area contributed by atoms with Gasteiger partial charge in [-0.1, -0.05) is 43.7 Å². The quantitative estimate of drug-likeness (QED) is 0.487. The molecule has 0 radical (unpaired) electrons. The van der Waals surface area contributed by atoms with Crippen LogP contribution >= 0.6 is 0 Å². The molecule has 182 valence electrons. The molecule has 0 aliphatic carbocycles. The first kappa shape index (κ1) is 24.4. The Morgan fingerprint density at radius 2 is 1.71 bits per heavy atom. The predicted molar refractivity (Wildman–Crippen MR) is 130 cm³/mol. The monoisotopic (exact) mass is 478 g/mol. The van der Waals surface area contributed by atoms with Crippen molar-refractivity contribution in [3.8, 4) is 5.75 Å². The third kappa shape index (κ3) is 5.34. The van der Waals surface area contributed by atoms with Crippen LogP contribution in [-0.4, -0.2) is 29.9 Å². The van der Waals surface area contributed by atoms with Gasteiger partial charge in [-0.3, -0.25) is 9.59 Å². The lowest BCUT2D eigenvalue weighted by Crippen LogP contribution is -2.34. The van der Waals surface area contributed by atoms with E-state index in [0.29, 0.717) is 17.9 Å². The molecule has 0 bridgehead atoms. The van der Waals surface area contributed by atoms with Crippen molar-refractivity contribution in [3.63, 3.8) is 0 Å². The van der Waals surface area contributed by atoms with Crippen LogP contribution in [0.1, 0.15) is 40.9 Å². The molecule has 2 amide bonds. The van der Waals surface area contributed by atoms with E-state index in [1.807, 2.05) is 63.2 Å². The Balaban J connectivity index is 1.62. The lowest BCUT2D eigenvalue weighted by molar-refractivity contribution is -0.121. The van der Waals surface area contributed by atoms with Gasteiger partial charge in [-0.05, 0) is 48.9 Å². The Morgan fingerprint density at radius 3 is 2.37 bits per heavy atom. The minimum absolute atomic E-state index is 0.00752. The third-order valence-electron chi connectivity index (χ3n) is 6.01. The zero-order valence-electron chi connectivity index (χ0n) is 20.1. The van der Waals surface area contributed by atoms with E-state index in [1.165, 1.54) is 11.0 Å². The first-order valence-electron chi connectivity index (χ1n) is 11.6. The fraction of sp³-hybridized carbons (Fsp3) is 0.286. The van der Waals surface area contributed by atoms with Crippen molar-refractivity contribution in [2.75, 3.05) is 18.1 Å². The normalized spacial score (nSPS) is 13.1. The molecule has 0 saturated carbocycles. The second kappa shape index (κ2) is 10.3. The molecule has 0 saturated heterocycles. The number of carbonyl (C=O) groups excluding carboxylic acids is 2. The third-order valence-corrected chi connectivity index (χ3v) is 6.01. The van der Waals surface area contributed by atoms with Gasteiger partial charge >= 0.3 is 0 Å². The van der Waals surface area contributed by atoms with E-state index in [0.717, 1.165) is 28.9 Å². The number of carbonyl (C=O) groups is 2. The van der Waals surface area contributed by atoms with Gasteiger partial charge < -0.3 is 14.5 Å². The number of benzene rings is 3. The molecular weight excluding hydrogens is 450 g/mol. The lowest BCUT2D eigenvalue weighted by Gasteiger charge is -2.26. The summed E-state index contributed by atoms with van der Waals surface area (Å²) in [5.74, 6) is -2.10. The van der Waals surface area contributed by atoms with E-state index < -0.39 is 23.1 Å². The van der Waals surface area contributed by atoms with E-state index in [1.54, 1.807) is 4.90 Å². The number of nitrogens with zero attached hydrogens (tertiary/aromatic N) is 2. The summed E-state index contributed by atoms with van der Waals surface area (Å²) in [5, 5.41) is 0. The summed E-state index contributed by atoms with van der Waals surface area (Å²) >= 11 is 0. The summed E-state index contributed by atoms with van der Waals surface area (Å²) in [6.07, 6.45) is 0. The standard InChI is InChI=1S/C28H28F2N2O3/c1-18(2)27(33)32(22-10-7-19(3)8-11-22)16-20-9-12-25-21(15-20)17-31(13-14-35-25)28(34)26-23(29)5-4-6-24(26)30/h4-12,15,18H,13-14,16-17H2,1-3H3. The molecule has 0 spiro atoms. The molecule has 35 heavy (non-hydrogen) atoms. The van der Waals surface area contributed by atoms with Crippen LogP contribution in [0.2, 0.25) is 0 Å². The molecule has 3 aromatic carbocycles. The summed E-state index contributed by atoms with van der Waals surface area (Å²) in [6, 6.07) is 16.7. The average Bonchev–Trinajstić information content (AvgIpc) is 3.04. The van der Waals surface area contributed by atoms with Crippen molar-refractivity contribution in [3.05, 3.63) is 94.6 Å². The number of ether oxygens (including phenoxy) is 1. The van der Waals surface area contributed by atoms with Crippen LogP contribution in [0.4, 0.5) is 14.5 Å². The number of hydrogen-bond acceptors (Lipinski definition) is 3. The number of hydrogen-bond donors (Lipinski definition) is 0. The SMILES string of the molecule is Cc1ccc(N(Cc2ccc3c(c2)CN(C(=O)c2c(F)cccc2F)CCO3)C(=O)C(C)C)cc1. The summed E-state index contributed by atoms with van der Waals surface area (Å²) < 4.78 is 34.3. The molecule has 4 rings (SSSR count). The topological polar surface area (TPSA) is 49.9 Å². The maximum Gasteiger partial charge on any atom is 0.260 e. The molecule has 0 N–H and O–H groups in total. The first-order valence-corrected chi connectivity index (χ1v) is 11.6. The van der Waals surface area contributed by atoms with Crippen molar-refractivity contribution in [1.29, 1.82) is 0 Å². The van der Waals surface area contributed by atoms with Gasteiger partial charge in [-0.2, -0.15) is 0 Å². The van der Waals surface area contributed by atoms with Crippen molar-refractivity contribution in [2.24, 2.45) is 5.92 Å². The second-order valence-corrected chi connectivity index (χ2v) is 9.03. The highest BCUT2D eigenvalue weighted by Crippen LogP contribution is 2.28. The molecule has 0 atom stereocenters. The maximum absolute atomic E-state index is 14.2. The minimum Gasteiger partial charge on any atom is -0.491 e. The summed E-state index contributed by atoms with van der Waals surface area (Å²) in [4.78, 5) is 29.1. The second-order valence-electron chi connectivity index (χ2n) is 9.03. The van der Waals surface area contributed by atoms with Crippen molar-refractivity contribution < 1.29 is 23.1 Å². The fourth-order valence-electron chi connectivity index (χ4n) is 4.09. The number of anilines is 1. The van der Waals surface area contributed by atoms with Crippen LogP contribution in [-0.2, 0) is 17.9 Å². The molecule has 1 heterocycles. The molecule has 5 nitrogen and oxygen atoms in total. The molecule has 1 aliphatic heterocycles. The summed E-state index contributed by atoms with van der Waals surface area (Å²) in [7, 11) is 0. The number of aryl methyl sites for hydroxylation is 1. The molecular formula is C28H28F2N2O3. The Labute approximate surface area is 203 Å². The van der Waals surface area contributed by atoms with Gasteiger partial charge in [0.05, 0.1) is 13.1 Å². The number of amides is 2. The van der Waals surface area contributed by atoms with Crippen LogP contribution in [0, 0.1) is 24.5 Å². The Morgan fingerprint density at radius 1 is 1.03 bits per heavy atom.